The Balaban J connectivity index is -0.000000181. The highest BCUT2D eigenvalue weighted by molar-refractivity contribution is 5.63. The number of aryl methyl sites for hydroxylation is 13. The van der Waals surface area contributed by atoms with E-state index >= 15 is 0 Å². The first-order chi connectivity index (χ1) is 66.3. The Kier molecular flexibility index (Phi) is 113. The van der Waals surface area contributed by atoms with Crippen molar-refractivity contribution in [3.63, 3.8) is 0 Å². The van der Waals surface area contributed by atoms with Crippen molar-refractivity contribution in [3.05, 3.63) is 339 Å². The van der Waals surface area contributed by atoms with Crippen molar-refractivity contribution < 1.29 is 4.74 Å². The van der Waals surface area contributed by atoms with Crippen molar-refractivity contribution in [1.29, 1.82) is 0 Å². The van der Waals surface area contributed by atoms with Gasteiger partial charge in [0, 0.05) is 19.6 Å². The zero-order chi connectivity index (χ0) is 105. The van der Waals surface area contributed by atoms with Crippen molar-refractivity contribution in [1.82, 2.24) is 10.6 Å². The van der Waals surface area contributed by atoms with Crippen molar-refractivity contribution in [2.45, 2.75) is 440 Å². The van der Waals surface area contributed by atoms with Crippen LogP contribution in [0.15, 0.2) is 200 Å². The van der Waals surface area contributed by atoms with Crippen LogP contribution in [0, 0.1) is 62.3 Å². The number of hydrogen-bond acceptors (Lipinski definition) is 4. The first-order valence-corrected chi connectivity index (χ1v) is 55.5. The minimum Gasteiger partial charge on any atom is -0.490 e. The number of anilines is 1. The quantitative estimate of drug-likeness (QED) is 0.132. The van der Waals surface area contributed by atoms with E-state index in [1.807, 2.05) is 261 Å². The van der Waals surface area contributed by atoms with Gasteiger partial charge < -0.3 is 20.7 Å². The van der Waals surface area contributed by atoms with E-state index in [1.165, 1.54) is 207 Å². The molecule has 0 fully saturated rings. The lowest BCUT2D eigenvalue weighted by Crippen LogP contribution is -2.24. The van der Waals surface area contributed by atoms with Gasteiger partial charge in [0.05, 0.1) is 5.69 Å². The maximum Gasteiger partial charge on any atom is 0.142 e. The number of nitrogens with one attached hydrogen (secondary N) is 3. The summed E-state index contributed by atoms with van der Waals surface area (Å²) in [6.07, 6.45) is 40.4. The van der Waals surface area contributed by atoms with Gasteiger partial charge in [0.15, 0.2) is 0 Å². The molecule has 0 atom stereocenters. The summed E-state index contributed by atoms with van der Waals surface area (Å²) in [5, 5.41) is 10.1. The third-order valence-electron chi connectivity index (χ3n) is 20.7. The first kappa shape index (κ1) is 144. The highest BCUT2D eigenvalue weighted by atomic mass is 16.5. The summed E-state index contributed by atoms with van der Waals surface area (Å²) in [6.45, 7) is 97.6. The van der Waals surface area contributed by atoms with Gasteiger partial charge in [-0.2, -0.15) is 0 Å². The highest BCUT2D eigenvalue weighted by Gasteiger charge is 2.15. The Hall–Kier alpha value is -8.54. The van der Waals surface area contributed by atoms with Crippen molar-refractivity contribution in [2.24, 2.45) is 0 Å². The van der Waals surface area contributed by atoms with E-state index < -0.39 is 0 Å². The van der Waals surface area contributed by atoms with E-state index in [9.17, 15) is 0 Å². The maximum atomic E-state index is 5.44. The minimum atomic E-state index is 0.774. The highest BCUT2D eigenvalue weighted by Crippen LogP contribution is 2.31. The largest absolute Gasteiger partial charge is 0.490 e. The lowest BCUT2D eigenvalue weighted by Gasteiger charge is -2.20. The van der Waals surface area contributed by atoms with Crippen LogP contribution in [-0.4, -0.2) is 26.2 Å². The van der Waals surface area contributed by atoms with Gasteiger partial charge in [0.25, 0.3) is 0 Å². The second-order valence-corrected chi connectivity index (χ2v) is 28.4. The standard InChI is InChI=1S/C11H14.2C11H12.C11H14.2C11H12.2C10H13N.C9H11NO.18C2H6/c3*1-9-5-4-7-10-6-2-3-8-11(9)10;3*1-9-6-7-10-4-2-3-5-11(10)8-9;1-8-2-3-9-4-5-11-7-10(9)6-8;1-8-3-2-4-9-5-6-11-7-10(8)9;1-7-3-2-4-8-9(7)10-5-6-11-8;18*1-2/h4-5,7H,2-3,6,8H2,1H3;2,4-7H,3,8H2,1H3;2-5,7H,6,8H2,1H3;6-8H,2-5H2,1H3;2,4,6-8H,3,5H2,1H3;2-3,6-8H,4-5H2,1H3;2-3,6,11H,4-5,7H2,1H3;2-4,11H,5-7H2,1H3;2-4,10H,5-6H2,1H3;18*1-2H3. The fourth-order valence-corrected chi connectivity index (χ4v) is 14.9. The van der Waals surface area contributed by atoms with Gasteiger partial charge in [0.2, 0.25) is 0 Å². The van der Waals surface area contributed by atoms with E-state index in [2.05, 4.69) is 279 Å². The third kappa shape index (κ3) is 61.4. The molecule has 6 aliphatic carbocycles. The van der Waals surface area contributed by atoms with Crippen molar-refractivity contribution in [3.8, 4) is 5.75 Å². The lowest BCUT2D eigenvalue weighted by molar-refractivity contribution is 0.323. The molecule has 0 bridgehead atoms. The number of allylic oxidation sites excluding steroid dienone is 6. The molecule has 135 heavy (non-hydrogen) atoms. The minimum absolute atomic E-state index is 0.774. The molecule has 3 heterocycles. The van der Waals surface area contributed by atoms with Crippen LogP contribution in [0.3, 0.4) is 0 Å². The number of rotatable bonds is 0. The van der Waals surface area contributed by atoms with E-state index in [4.69, 9.17) is 4.74 Å². The molecule has 0 saturated carbocycles. The SMILES string of the molecule is CC.CC.CC.CC.CC.CC.CC.CC.CC.CC.CC.CC.CC.CC.CC.CC.CC.CC.Cc1ccc2c(c1)CC=CC2.Cc1ccc2c(c1)CCC=C2.Cc1ccc2c(c1)CCCC2.Cc1ccc2c(c1)CNCC2.Cc1cccc2c1CC=CC2.Cc1cccc2c1CCC=C2.Cc1cccc2c1CCCC2.Cc1cccc2c1CNCC2.Cc1cccc2c1NCCO2. The van der Waals surface area contributed by atoms with Crippen molar-refractivity contribution in [2.75, 3.05) is 31.6 Å². The zero-order valence-corrected chi connectivity index (χ0v) is 97.6. The molecule has 9 aromatic rings. The van der Waals surface area contributed by atoms with Crippen molar-refractivity contribution >= 4 is 17.8 Å². The fraction of sp³-hybridized carbons (Fsp3) is 0.527. The Labute approximate surface area is 844 Å². The van der Waals surface area contributed by atoms with E-state index in [1.54, 1.807) is 22.3 Å². The van der Waals surface area contributed by atoms with Gasteiger partial charge in [-0.1, -0.05) is 478 Å². The van der Waals surface area contributed by atoms with E-state index in [-0.39, 0.29) is 0 Å². The van der Waals surface area contributed by atoms with Crippen LogP contribution >= 0.6 is 0 Å². The average Bonchev–Trinajstić information content (AvgIpc) is 0.839. The summed E-state index contributed by atoms with van der Waals surface area (Å²) >= 11 is 0. The molecule has 3 N–H and O–H groups in total. The maximum absolute atomic E-state index is 5.44. The van der Waals surface area contributed by atoms with Gasteiger partial charge in [0.1, 0.15) is 12.4 Å². The average molecular weight is 1850 g/mol. The van der Waals surface area contributed by atoms with Crippen LogP contribution < -0.4 is 20.7 Å². The second-order valence-electron chi connectivity index (χ2n) is 28.4. The molecule has 0 spiro atoms. The summed E-state index contributed by atoms with van der Waals surface area (Å²) in [7, 11) is 0. The molecule has 0 amide bonds. The molecular formula is C131H221N3O. The predicted molar refractivity (Wildman–Crippen MR) is 631 cm³/mol. The molecule has 9 aliphatic rings. The summed E-state index contributed by atoms with van der Waals surface area (Å²) < 4.78 is 5.44. The Bertz CT molecular complexity index is 4030. The molecule has 4 heteroatoms. The first-order valence-electron chi connectivity index (χ1n) is 55.5. The Morgan fingerprint density at radius 2 is 0.578 bits per heavy atom. The molecule has 3 aliphatic heterocycles. The third-order valence-corrected chi connectivity index (χ3v) is 20.7. The van der Waals surface area contributed by atoms with Gasteiger partial charge in [-0.25, -0.2) is 0 Å². The number of hydrogen-bond donors (Lipinski definition) is 3. The smallest absolute Gasteiger partial charge is 0.142 e. The Morgan fingerprint density at radius 3 is 1.07 bits per heavy atom. The van der Waals surface area contributed by atoms with E-state index in [0.29, 0.717) is 0 Å². The molecule has 0 saturated heterocycles. The van der Waals surface area contributed by atoms with E-state index in [0.717, 1.165) is 76.5 Å². The fourth-order valence-electron chi connectivity index (χ4n) is 14.9. The van der Waals surface area contributed by atoms with Crippen LogP contribution in [0.25, 0.3) is 12.2 Å². The zero-order valence-electron chi connectivity index (χ0n) is 97.6. The molecule has 9 aromatic carbocycles. The molecule has 0 unspecified atom stereocenters. The molecule has 766 valence electrons. The monoisotopic (exact) mass is 1850 g/mol. The topological polar surface area (TPSA) is 45.3 Å². The normalized spacial score (nSPS) is 12.0. The molecular weight excluding hydrogens is 1630 g/mol. The molecule has 18 rings (SSSR count). The second kappa shape index (κ2) is 106. The Morgan fingerprint density at radius 1 is 0.222 bits per heavy atom. The number of ether oxygens (including phenoxy) is 1. The van der Waals surface area contributed by atoms with Gasteiger partial charge >= 0.3 is 0 Å². The lowest BCUT2D eigenvalue weighted by atomic mass is 9.89. The van der Waals surface area contributed by atoms with Gasteiger partial charge in [-0.05, 0) is 314 Å². The van der Waals surface area contributed by atoms with Crippen LogP contribution in [0.4, 0.5) is 5.69 Å². The summed E-state index contributed by atoms with van der Waals surface area (Å²) in [5.41, 5.74) is 38.1. The van der Waals surface area contributed by atoms with Gasteiger partial charge in [-0.15, -0.1) is 0 Å². The number of fused-ring (bicyclic) bond motifs is 9. The summed E-state index contributed by atoms with van der Waals surface area (Å²) in [5.74, 6) is 0.983. The summed E-state index contributed by atoms with van der Waals surface area (Å²) in [6, 6.07) is 59.4. The molecule has 0 aromatic heterocycles. The molecule has 0 radical (unpaired) electrons. The summed E-state index contributed by atoms with van der Waals surface area (Å²) in [4.78, 5) is 0. The van der Waals surface area contributed by atoms with Crippen LogP contribution in [0.2, 0.25) is 0 Å². The number of para-hydroxylation sites is 1. The predicted octanol–water partition coefficient (Wildman–Crippen LogP) is 40.5. The van der Waals surface area contributed by atoms with Gasteiger partial charge in [-0.3, -0.25) is 0 Å². The van der Waals surface area contributed by atoms with Crippen LogP contribution in [0.5, 0.6) is 5.75 Å². The van der Waals surface area contributed by atoms with Crippen LogP contribution in [0.1, 0.15) is 427 Å². The van der Waals surface area contributed by atoms with Crippen LogP contribution in [-0.2, 0) is 90.1 Å². The molecule has 4 nitrogen and oxygen atoms in total. The number of benzene rings is 9.